The topological polar surface area (TPSA) is 29.3 Å². The maximum Gasteiger partial charge on any atom is 1.00 e. The first-order chi connectivity index (χ1) is 10.6. The first-order valence-electron chi connectivity index (χ1n) is 7.83. The fourth-order valence-electron chi connectivity index (χ4n) is 2.22. The summed E-state index contributed by atoms with van der Waals surface area (Å²) >= 11 is 11.9. The Hall–Kier alpha value is 1.20. The molecular formula is C18H29Cl2KN2-2. The molecule has 1 fully saturated rings. The summed E-state index contributed by atoms with van der Waals surface area (Å²) in [6.45, 7) is 13.8. The monoisotopic (exact) mass is 382 g/mol. The summed E-state index contributed by atoms with van der Waals surface area (Å²) in [6, 6.07) is 6.07. The molecule has 1 aromatic carbocycles. The molecule has 1 aromatic rings. The number of rotatable bonds is 3. The van der Waals surface area contributed by atoms with E-state index in [1.54, 1.807) is 13.0 Å². The molecule has 0 aromatic heterocycles. The molecule has 0 unspecified atom stereocenters. The SMILES string of the molecule is NC1CCCCC1.[CH2-]C.[CH2-]CN(C[CH2-])c1cccc(Cl)c1Cl.[K+]. The normalized spacial score (nSPS) is 13.7. The number of nitrogens with zero attached hydrogens (tertiary/aromatic N) is 1. The van der Waals surface area contributed by atoms with E-state index in [2.05, 4.69) is 20.8 Å². The van der Waals surface area contributed by atoms with E-state index in [4.69, 9.17) is 28.9 Å². The molecule has 1 saturated carbocycles. The van der Waals surface area contributed by atoms with E-state index < -0.39 is 0 Å². The van der Waals surface area contributed by atoms with Crippen molar-refractivity contribution in [3.8, 4) is 0 Å². The van der Waals surface area contributed by atoms with Gasteiger partial charge in [0, 0.05) is 6.04 Å². The number of halogens is 2. The number of nitrogens with two attached hydrogens (primary N) is 1. The van der Waals surface area contributed by atoms with E-state index in [1.807, 2.05) is 17.0 Å². The Bertz CT molecular complexity index is 393. The molecule has 2 N–H and O–H groups in total. The second-order valence-electron chi connectivity index (χ2n) is 4.96. The fraction of sp³-hybridized carbons (Fsp3) is 0.500. The van der Waals surface area contributed by atoms with E-state index in [9.17, 15) is 0 Å². The first kappa shape index (κ1) is 26.4. The van der Waals surface area contributed by atoms with Crippen LogP contribution in [0.2, 0.25) is 10.0 Å². The molecule has 0 atom stereocenters. The smallest absolute Gasteiger partial charge is 0.430 e. The van der Waals surface area contributed by atoms with Crippen molar-refractivity contribution in [3.05, 3.63) is 49.0 Å². The molecule has 23 heavy (non-hydrogen) atoms. The van der Waals surface area contributed by atoms with Crippen LogP contribution in [0, 0.1) is 20.8 Å². The van der Waals surface area contributed by atoms with Crippen molar-refractivity contribution >= 4 is 28.9 Å². The second kappa shape index (κ2) is 16.7. The molecule has 128 valence electrons. The molecule has 2 rings (SSSR count). The predicted octanol–water partition coefficient (Wildman–Crippen LogP) is 2.59. The zero-order valence-electron chi connectivity index (χ0n) is 14.7. The molecule has 1 aliphatic rings. The molecule has 0 saturated heterocycles. The van der Waals surface area contributed by atoms with E-state index in [-0.39, 0.29) is 51.4 Å². The Balaban J connectivity index is 0. The molecule has 0 radical (unpaired) electrons. The molecule has 0 bridgehead atoms. The van der Waals surface area contributed by atoms with Crippen molar-refractivity contribution in [2.45, 2.75) is 45.1 Å². The standard InChI is InChI=1S/C10H11Cl2N.C6H13N.C2H5.K/c1-3-13(4-2)9-7-5-6-8(11)10(9)12;7-6-4-2-1-3-5-6;1-2;/h5-7H,1-4H2;6H,1-5,7H2;1H2,2H3;/q-2;;-1;+1. The van der Waals surface area contributed by atoms with Crippen LogP contribution in [0.3, 0.4) is 0 Å². The molecule has 0 aliphatic heterocycles. The van der Waals surface area contributed by atoms with Gasteiger partial charge in [0.15, 0.2) is 0 Å². The Labute approximate surface area is 195 Å². The second-order valence-corrected chi connectivity index (χ2v) is 5.74. The van der Waals surface area contributed by atoms with Gasteiger partial charge < -0.3 is 31.4 Å². The zero-order valence-corrected chi connectivity index (χ0v) is 19.3. The molecule has 2 nitrogen and oxygen atoms in total. The Morgan fingerprint density at radius 3 is 2.00 bits per heavy atom. The first-order valence-corrected chi connectivity index (χ1v) is 8.59. The van der Waals surface area contributed by atoms with Crippen molar-refractivity contribution in [3.63, 3.8) is 0 Å². The third-order valence-corrected chi connectivity index (χ3v) is 4.27. The number of anilines is 1. The van der Waals surface area contributed by atoms with Crippen LogP contribution in [-0.2, 0) is 0 Å². The molecule has 5 heteroatoms. The third kappa shape index (κ3) is 10.7. The summed E-state index contributed by atoms with van der Waals surface area (Å²) < 4.78 is 0. The molecule has 1 aliphatic carbocycles. The van der Waals surface area contributed by atoms with Crippen LogP contribution in [0.1, 0.15) is 39.0 Å². The average Bonchev–Trinajstić information content (AvgIpc) is 2.56. The van der Waals surface area contributed by atoms with E-state index in [0.717, 1.165) is 5.69 Å². The average molecular weight is 383 g/mol. The van der Waals surface area contributed by atoms with Crippen molar-refractivity contribution < 1.29 is 51.4 Å². The van der Waals surface area contributed by atoms with Gasteiger partial charge >= 0.3 is 51.4 Å². The van der Waals surface area contributed by atoms with Crippen molar-refractivity contribution in [1.29, 1.82) is 0 Å². The number of hydrogen-bond acceptors (Lipinski definition) is 2. The Morgan fingerprint density at radius 2 is 1.61 bits per heavy atom. The number of hydrogen-bond donors (Lipinski definition) is 1. The quantitative estimate of drug-likeness (QED) is 0.642. The molecule has 0 amide bonds. The molecular weight excluding hydrogens is 354 g/mol. The van der Waals surface area contributed by atoms with Crippen LogP contribution in [-0.4, -0.2) is 19.1 Å². The zero-order chi connectivity index (χ0) is 17.0. The minimum Gasteiger partial charge on any atom is -0.430 e. The van der Waals surface area contributed by atoms with Crippen molar-refractivity contribution in [2.75, 3.05) is 18.0 Å². The summed E-state index contributed by atoms with van der Waals surface area (Å²) in [5.41, 5.74) is 6.52. The predicted molar refractivity (Wildman–Crippen MR) is 101 cm³/mol. The summed E-state index contributed by atoms with van der Waals surface area (Å²) in [7, 11) is 0. The van der Waals surface area contributed by atoms with Gasteiger partial charge in [-0.3, -0.25) is 0 Å². The van der Waals surface area contributed by atoms with Gasteiger partial charge in [0.1, 0.15) is 0 Å². The van der Waals surface area contributed by atoms with Crippen LogP contribution in [0.15, 0.2) is 18.2 Å². The van der Waals surface area contributed by atoms with Gasteiger partial charge in [0.05, 0.1) is 15.7 Å². The van der Waals surface area contributed by atoms with Gasteiger partial charge in [-0.15, -0.1) is 13.1 Å². The van der Waals surface area contributed by atoms with Gasteiger partial charge in [-0.2, -0.15) is 6.92 Å². The van der Waals surface area contributed by atoms with Crippen molar-refractivity contribution in [2.24, 2.45) is 5.73 Å². The molecule has 0 heterocycles. The minimum atomic E-state index is 0. The van der Waals surface area contributed by atoms with Gasteiger partial charge in [0.25, 0.3) is 0 Å². The third-order valence-electron chi connectivity index (χ3n) is 3.46. The van der Waals surface area contributed by atoms with E-state index in [1.165, 1.54) is 32.1 Å². The summed E-state index contributed by atoms with van der Waals surface area (Å²) in [5.74, 6) is 0. The maximum atomic E-state index is 6.02. The van der Waals surface area contributed by atoms with Crippen LogP contribution in [0.4, 0.5) is 5.69 Å². The largest absolute Gasteiger partial charge is 1.00 e. The fourth-order valence-corrected chi connectivity index (χ4v) is 2.64. The van der Waals surface area contributed by atoms with Gasteiger partial charge in [-0.1, -0.05) is 48.5 Å². The van der Waals surface area contributed by atoms with Crippen molar-refractivity contribution in [1.82, 2.24) is 0 Å². The Kier molecular flexibility index (Phi) is 19.1. The molecule has 0 spiro atoms. The van der Waals surface area contributed by atoms with Crippen LogP contribution >= 0.6 is 23.2 Å². The van der Waals surface area contributed by atoms with Crippen LogP contribution in [0.5, 0.6) is 0 Å². The number of benzene rings is 1. The maximum absolute atomic E-state index is 6.02. The Morgan fingerprint density at radius 1 is 1.09 bits per heavy atom. The van der Waals surface area contributed by atoms with Gasteiger partial charge in [-0.05, 0) is 25.0 Å². The van der Waals surface area contributed by atoms with Crippen LogP contribution < -0.4 is 62.0 Å². The van der Waals surface area contributed by atoms with E-state index >= 15 is 0 Å². The van der Waals surface area contributed by atoms with Crippen LogP contribution in [0.25, 0.3) is 0 Å². The summed E-state index contributed by atoms with van der Waals surface area (Å²) in [6.07, 6.45) is 6.66. The van der Waals surface area contributed by atoms with Gasteiger partial charge in [-0.25, -0.2) is 0 Å². The minimum absolute atomic E-state index is 0. The van der Waals surface area contributed by atoms with E-state index in [0.29, 0.717) is 29.2 Å². The van der Waals surface area contributed by atoms with Gasteiger partial charge in [0.2, 0.25) is 0 Å². The summed E-state index contributed by atoms with van der Waals surface area (Å²) in [5, 5.41) is 1.13. The summed E-state index contributed by atoms with van der Waals surface area (Å²) in [4.78, 5) is 1.95.